The SMILES string of the molecule is COc1cccc(NC(=O)COc2ccc(N3C[C@H](C(=O)NC[C@H](C)O)CC3=O)cc2)c1. The van der Waals surface area contributed by atoms with Crippen molar-refractivity contribution in [1.29, 1.82) is 0 Å². The molecular formula is C23H27N3O6. The van der Waals surface area contributed by atoms with E-state index >= 15 is 0 Å². The zero-order valence-electron chi connectivity index (χ0n) is 18.0. The lowest BCUT2D eigenvalue weighted by molar-refractivity contribution is -0.126. The minimum absolute atomic E-state index is 0.119. The molecule has 1 saturated heterocycles. The average molecular weight is 441 g/mol. The zero-order chi connectivity index (χ0) is 23.1. The molecule has 1 heterocycles. The summed E-state index contributed by atoms with van der Waals surface area (Å²) in [4.78, 5) is 38.2. The van der Waals surface area contributed by atoms with Gasteiger partial charge in [-0.1, -0.05) is 6.07 Å². The number of nitrogens with one attached hydrogen (secondary N) is 2. The van der Waals surface area contributed by atoms with Crippen molar-refractivity contribution in [3.63, 3.8) is 0 Å². The number of carbonyl (C=O) groups is 3. The van der Waals surface area contributed by atoms with Gasteiger partial charge in [0.15, 0.2) is 6.61 Å². The summed E-state index contributed by atoms with van der Waals surface area (Å²) in [5.74, 6) is -0.0521. The minimum atomic E-state index is -0.641. The summed E-state index contributed by atoms with van der Waals surface area (Å²) >= 11 is 0. The molecule has 9 nitrogen and oxygen atoms in total. The summed E-state index contributed by atoms with van der Waals surface area (Å²) in [5.41, 5.74) is 1.25. The van der Waals surface area contributed by atoms with Crippen molar-refractivity contribution in [2.45, 2.75) is 19.4 Å². The fraction of sp³-hybridized carbons (Fsp3) is 0.348. The third kappa shape index (κ3) is 6.21. The van der Waals surface area contributed by atoms with Crippen molar-refractivity contribution in [2.24, 2.45) is 5.92 Å². The molecule has 0 bridgehead atoms. The Morgan fingerprint density at radius 3 is 2.62 bits per heavy atom. The second kappa shape index (κ2) is 10.6. The molecule has 0 aromatic heterocycles. The summed E-state index contributed by atoms with van der Waals surface area (Å²) < 4.78 is 10.6. The van der Waals surface area contributed by atoms with Crippen LogP contribution >= 0.6 is 0 Å². The predicted molar refractivity (Wildman–Crippen MR) is 119 cm³/mol. The van der Waals surface area contributed by atoms with E-state index in [4.69, 9.17) is 9.47 Å². The van der Waals surface area contributed by atoms with Crippen molar-refractivity contribution < 1.29 is 29.0 Å². The number of hydrogen-bond donors (Lipinski definition) is 3. The molecule has 1 aliphatic heterocycles. The topological polar surface area (TPSA) is 117 Å². The quantitative estimate of drug-likeness (QED) is 0.544. The van der Waals surface area contributed by atoms with Crippen LogP contribution in [-0.2, 0) is 14.4 Å². The molecule has 0 saturated carbocycles. The highest BCUT2D eigenvalue weighted by Crippen LogP contribution is 2.27. The smallest absolute Gasteiger partial charge is 0.262 e. The number of methoxy groups -OCH3 is 1. The number of anilines is 2. The zero-order valence-corrected chi connectivity index (χ0v) is 18.0. The number of hydrogen-bond acceptors (Lipinski definition) is 6. The summed E-state index contributed by atoms with van der Waals surface area (Å²) in [7, 11) is 1.55. The lowest BCUT2D eigenvalue weighted by Crippen LogP contribution is -2.36. The molecule has 1 aliphatic rings. The summed E-state index contributed by atoms with van der Waals surface area (Å²) in [5, 5.41) is 14.7. The normalized spacial score (nSPS) is 16.4. The van der Waals surface area contributed by atoms with Crippen molar-refractivity contribution in [2.75, 3.05) is 37.0 Å². The van der Waals surface area contributed by atoms with Crippen molar-refractivity contribution in [3.8, 4) is 11.5 Å². The maximum atomic E-state index is 12.4. The van der Waals surface area contributed by atoms with Gasteiger partial charge in [0.2, 0.25) is 11.8 Å². The number of nitrogens with zero attached hydrogens (tertiary/aromatic N) is 1. The number of carbonyl (C=O) groups excluding carboxylic acids is 3. The average Bonchev–Trinajstić information content (AvgIpc) is 3.18. The number of amides is 3. The number of rotatable bonds is 9. The lowest BCUT2D eigenvalue weighted by atomic mass is 10.1. The van der Waals surface area contributed by atoms with Crippen LogP contribution in [0, 0.1) is 5.92 Å². The monoisotopic (exact) mass is 441 g/mol. The van der Waals surface area contributed by atoms with Gasteiger partial charge in [-0.3, -0.25) is 14.4 Å². The van der Waals surface area contributed by atoms with Gasteiger partial charge in [-0.15, -0.1) is 0 Å². The third-order valence-corrected chi connectivity index (χ3v) is 4.94. The standard InChI is InChI=1S/C23H27N3O6/c1-15(27)12-24-23(30)16-10-22(29)26(13-16)18-6-8-19(9-7-18)32-14-21(28)25-17-4-3-5-20(11-17)31-2/h3-9,11,15-16,27H,10,12-14H2,1-2H3,(H,24,30)(H,25,28)/t15-,16+/m0/s1. The Labute approximate surface area is 186 Å². The summed E-state index contributed by atoms with van der Waals surface area (Å²) in [6.07, 6.45) is -0.522. The molecule has 3 amide bonds. The van der Waals surface area contributed by atoms with Crippen LogP contribution in [0.25, 0.3) is 0 Å². The van der Waals surface area contributed by atoms with E-state index in [0.717, 1.165) is 0 Å². The van der Waals surface area contributed by atoms with Gasteiger partial charge < -0.3 is 30.1 Å². The lowest BCUT2D eigenvalue weighted by Gasteiger charge is -2.17. The van der Waals surface area contributed by atoms with E-state index in [0.29, 0.717) is 22.9 Å². The first kappa shape index (κ1) is 23.1. The second-order valence-corrected chi connectivity index (χ2v) is 7.56. The molecular weight excluding hydrogens is 414 g/mol. The van der Waals surface area contributed by atoms with Crippen LogP contribution < -0.4 is 25.0 Å². The van der Waals surface area contributed by atoms with E-state index in [2.05, 4.69) is 10.6 Å². The maximum absolute atomic E-state index is 12.4. The van der Waals surface area contributed by atoms with E-state index < -0.39 is 12.0 Å². The molecule has 0 radical (unpaired) electrons. The van der Waals surface area contributed by atoms with Gasteiger partial charge in [-0.05, 0) is 43.3 Å². The Hall–Kier alpha value is -3.59. The van der Waals surface area contributed by atoms with Gasteiger partial charge in [0.25, 0.3) is 5.91 Å². The van der Waals surface area contributed by atoms with Crippen molar-refractivity contribution in [3.05, 3.63) is 48.5 Å². The van der Waals surface area contributed by atoms with Crippen LogP contribution in [0.2, 0.25) is 0 Å². The fourth-order valence-corrected chi connectivity index (χ4v) is 3.29. The number of benzene rings is 2. The highest BCUT2D eigenvalue weighted by molar-refractivity contribution is 6.00. The Morgan fingerprint density at radius 2 is 1.94 bits per heavy atom. The third-order valence-electron chi connectivity index (χ3n) is 4.94. The Morgan fingerprint density at radius 1 is 1.19 bits per heavy atom. The Kier molecular flexibility index (Phi) is 7.67. The van der Waals surface area contributed by atoms with E-state index in [1.807, 2.05) is 0 Å². The van der Waals surface area contributed by atoms with Crippen LogP contribution in [0.5, 0.6) is 11.5 Å². The molecule has 1 fully saturated rings. The van der Waals surface area contributed by atoms with Crippen LogP contribution in [0.4, 0.5) is 11.4 Å². The molecule has 3 rings (SSSR count). The summed E-state index contributed by atoms with van der Waals surface area (Å²) in [6.45, 7) is 1.83. The Bertz CT molecular complexity index is 960. The highest BCUT2D eigenvalue weighted by Gasteiger charge is 2.35. The van der Waals surface area contributed by atoms with Crippen LogP contribution in [0.3, 0.4) is 0 Å². The first-order valence-electron chi connectivity index (χ1n) is 10.3. The number of aliphatic hydroxyl groups is 1. The molecule has 3 N–H and O–H groups in total. The van der Waals surface area contributed by atoms with Crippen LogP contribution in [-0.4, -0.2) is 55.7 Å². The summed E-state index contributed by atoms with van der Waals surface area (Å²) in [6, 6.07) is 13.8. The van der Waals surface area contributed by atoms with Gasteiger partial charge in [-0.2, -0.15) is 0 Å². The van der Waals surface area contributed by atoms with Gasteiger partial charge in [0.1, 0.15) is 11.5 Å². The van der Waals surface area contributed by atoms with E-state index in [1.54, 1.807) is 67.5 Å². The highest BCUT2D eigenvalue weighted by atomic mass is 16.5. The van der Waals surface area contributed by atoms with E-state index in [-0.39, 0.29) is 43.8 Å². The second-order valence-electron chi connectivity index (χ2n) is 7.56. The number of ether oxygens (including phenoxy) is 2. The van der Waals surface area contributed by atoms with Gasteiger partial charge in [-0.25, -0.2) is 0 Å². The first-order chi connectivity index (χ1) is 15.4. The van der Waals surface area contributed by atoms with Crippen molar-refractivity contribution >= 4 is 29.1 Å². The van der Waals surface area contributed by atoms with E-state index in [9.17, 15) is 19.5 Å². The molecule has 32 heavy (non-hydrogen) atoms. The van der Waals surface area contributed by atoms with Gasteiger partial charge in [0, 0.05) is 37.0 Å². The van der Waals surface area contributed by atoms with Gasteiger partial charge >= 0.3 is 0 Å². The Balaban J connectivity index is 1.50. The van der Waals surface area contributed by atoms with Crippen LogP contribution in [0.15, 0.2) is 48.5 Å². The molecule has 0 aliphatic carbocycles. The molecule has 0 spiro atoms. The maximum Gasteiger partial charge on any atom is 0.262 e. The number of aliphatic hydroxyl groups excluding tert-OH is 1. The molecule has 0 unspecified atom stereocenters. The molecule has 2 aromatic carbocycles. The molecule has 170 valence electrons. The van der Waals surface area contributed by atoms with Crippen LogP contribution in [0.1, 0.15) is 13.3 Å². The molecule has 2 aromatic rings. The molecule has 9 heteroatoms. The minimum Gasteiger partial charge on any atom is -0.497 e. The molecule has 2 atom stereocenters. The largest absolute Gasteiger partial charge is 0.497 e. The fourth-order valence-electron chi connectivity index (χ4n) is 3.29. The first-order valence-corrected chi connectivity index (χ1v) is 10.3. The predicted octanol–water partition coefficient (Wildman–Crippen LogP) is 1.56. The van der Waals surface area contributed by atoms with Crippen molar-refractivity contribution in [1.82, 2.24) is 5.32 Å². The van der Waals surface area contributed by atoms with Gasteiger partial charge in [0.05, 0.1) is 19.1 Å². The van der Waals surface area contributed by atoms with E-state index in [1.165, 1.54) is 0 Å².